The summed E-state index contributed by atoms with van der Waals surface area (Å²) in [5.74, 6) is -0.0153. The summed E-state index contributed by atoms with van der Waals surface area (Å²) in [5, 5.41) is 5.74. The summed E-state index contributed by atoms with van der Waals surface area (Å²) < 4.78 is 0. The van der Waals surface area contributed by atoms with E-state index in [2.05, 4.69) is 36.4 Å². The molecule has 1 heterocycles. The lowest BCUT2D eigenvalue weighted by molar-refractivity contribution is -0.130. The Kier molecular flexibility index (Phi) is 5.42. The fourth-order valence-corrected chi connectivity index (χ4v) is 2.50. The topological polar surface area (TPSA) is 61.4 Å². The number of nitrogens with one attached hydrogen (secondary N) is 2. The van der Waals surface area contributed by atoms with Crippen molar-refractivity contribution in [2.45, 2.75) is 46.2 Å². The van der Waals surface area contributed by atoms with Crippen LogP contribution < -0.4 is 10.6 Å². The Morgan fingerprint density at radius 2 is 2.00 bits per heavy atom. The van der Waals surface area contributed by atoms with Gasteiger partial charge in [-0.15, -0.1) is 0 Å². The monoisotopic (exact) mass is 317 g/mol. The molecular formula is C18H27N3O2. The standard InChI is InChI=1S/C18H27N3O2/c1-13(2)21(4)11-14-5-7-15(8-6-14)20-17(23)18(3)10-9-16(22)19-12-18/h5-8,13H,9-12H2,1-4H3,(H,19,22)(H,20,23). The SMILES string of the molecule is CC(C)N(C)Cc1ccc(NC(=O)C2(C)CCC(=O)NC2)cc1. The molecule has 2 rings (SSSR count). The van der Waals surface area contributed by atoms with Gasteiger partial charge in [0.15, 0.2) is 0 Å². The highest BCUT2D eigenvalue weighted by Crippen LogP contribution is 2.27. The second kappa shape index (κ2) is 7.13. The maximum Gasteiger partial charge on any atom is 0.232 e. The second-order valence-corrected chi connectivity index (χ2v) is 7.00. The quantitative estimate of drug-likeness (QED) is 0.876. The van der Waals surface area contributed by atoms with Crippen molar-refractivity contribution in [3.05, 3.63) is 29.8 Å². The molecule has 2 N–H and O–H groups in total. The first kappa shape index (κ1) is 17.5. The van der Waals surface area contributed by atoms with Gasteiger partial charge in [-0.25, -0.2) is 0 Å². The average molecular weight is 317 g/mol. The van der Waals surface area contributed by atoms with E-state index in [4.69, 9.17) is 0 Å². The van der Waals surface area contributed by atoms with Crippen molar-refractivity contribution in [2.75, 3.05) is 18.9 Å². The zero-order valence-corrected chi connectivity index (χ0v) is 14.5. The van der Waals surface area contributed by atoms with Crippen LogP contribution >= 0.6 is 0 Å². The highest BCUT2D eigenvalue weighted by atomic mass is 16.2. The van der Waals surface area contributed by atoms with E-state index in [9.17, 15) is 9.59 Å². The Bertz CT molecular complexity index is 556. The van der Waals surface area contributed by atoms with E-state index >= 15 is 0 Å². The molecular weight excluding hydrogens is 290 g/mol. The third kappa shape index (κ3) is 4.55. The number of carbonyl (C=O) groups is 2. The summed E-state index contributed by atoms with van der Waals surface area (Å²) in [4.78, 5) is 26.0. The highest BCUT2D eigenvalue weighted by Gasteiger charge is 2.37. The molecule has 1 aliphatic rings. The van der Waals surface area contributed by atoms with Crippen LogP contribution in [0.1, 0.15) is 39.2 Å². The second-order valence-electron chi connectivity index (χ2n) is 7.00. The molecule has 0 saturated carbocycles. The molecule has 1 aromatic carbocycles. The number of hydrogen-bond acceptors (Lipinski definition) is 3. The van der Waals surface area contributed by atoms with Gasteiger partial charge in [0.1, 0.15) is 0 Å². The molecule has 5 heteroatoms. The van der Waals surface area contributed by atoms with Crippen molar-refractivity contribution in [1.29, 1.82) is 0 Å². The normalized spacial score (nSPS) is 21.4. The maximum atomic E-state index is 12.5. The summed E-state index contributed by atoms with van der Waals surface area (Å²) in [5.41, 5.74) is 1.48. The summed E-state index contributed by atoms with van der Waals surface area (Å²) in [6.45, 7) is 7.51. The van der Waals surface area contributed by atoms with Gasteiger partial charge in [-0.1, -0.05) is 12.1 Å². The summed E-state index contributed by atoms with van der Waals surface area (Å²) in [6, 6.07) is 8.45. The Balaban J connectivity index is 1.95. The molecule has 0 aromatic heterocycles. The molecule has 1 unspecified atom stereocenters. The van der Waals surface area contributed by atoms with E-state index in [0.717, 1.165) is 12.2 Å². The molecule has 0 radical (unpaired) electrons. The third-order valence-electron chi connectivity index (χ3n) is 4.65. The number of amides is 2. The van der Waals surface area contributed by atoms with E-state index in [0.29, 0.717) is 25.4 Å². The maximum absolute atomic E-state index is 12.5. The molecule has 126 valence electrons. The molecule has 1 saturated heterocycles. The molecule has 0 bridgehead atoms. The number of anilines is 1. The first-order chi connectivity index (χ1) is 10.8. The molecule has 1 aromatic rings. The highest BCUT2D eigenvalue weighted by molar-refractivity contribution is 5.96. The zero-order valence-electron chi connectivity index (χ0n) is 14.5. The minimum Gasteiger partial charge on any atom is -0.355 e. The number of hydrogen-bond donors (Lipinski definition) is 2. The van der Waals surface area contributed by atoms with Crippen LogP contribution in [0.4, 0.5) is 5.69 Å². The average Bonchev–Trinajstić information content (AvgIpc) is 2.52. The van der Waals surface area contributed by atoms with E-state index in [1.165, 1.54) is 5.56 Å². The van der Waals surface area contributed by atoms with E-state index in [1.807, 2.05) is 31.2 Å². The molecule has 23 heavy (non-hydrogen) atoms. The van der Waals surface area contributed by atoms with Gasteiger partial charge in [-0.3, -0.25) is 14.5 Å². The van der Waals surface area contributed by atoms with Crippen LogP contribution in [0, 0.1) is 5.41 Å². The smallest absolute Gasteiger partial charge is 0.232 e. The van der Waals surface area contributed by atoms with E-state index in [-0.39, 0.29) is 11.8 Å². The fourth-order valence-electron chi connectivity index (χ4n) is 2.50. The Morgan fingerprint density at radius 3 is 2.52 bits per heavy atom. The van der Waals surface area contributed by atoms with Gasteiger partial charge >= 0.3 is 0 Å². The van der Waals surface area contributed by atoms with Crippen LogP contribution in [0.15, 0.2) is 24.3 Å². The minimum atomic E-state index is -0.537. The Labute approximate surface area is 138 Å². The molecule has 2 amide bonds. The molecule has 1 atom stereocenters. The fraction of sp³-hybridized carbons (Fsp3) is 0.556. The van der Waals surface area contributed by atoms with Crippen molar-refractivity contribution in [3.63, 3.8) is 0 Å². The number of carbonyl (C=O) groups excluding carboxylic acids is 2. The predicted molar refractivity (Wildman–Crippen MR) is 92.0 cm³/mol. The molecule has 0 aliphatic carbocycles. The van der Waals surface area contributed by atoms with Gasteiger partial charge in [0.25, 0.3) is 0 Å². The van der Waals surface area contributed by atoms with E-state index < -0.39 is 5.41 Å². The van der Waals surface area contributed by atoms with Crippen molar-refractivity contribution in [1.82, 2.24) is 10.2 Å². The summed E-state index contributed by atoms with van der Waals surface area (Å²) in [6.07, 6.45) is 0.992. The lowest BCUT2D eigenvalue weighted by Gasteiger charge is -2.32. The van der Waals surface area contributed by atoms with Crippen LogP contribution in [0.3, 0.4) is 0 Å². The number of nitrogens with zero attached hydrogens (tertiary/aromatic N) is 1. The number of benzene rings is 1. The van der Waals surface area contributed by atoms with Crippen LogP contribution in [0.2, 0.25) is 0 Å². The van der Waals surface area contributed by atoms with Gasteiger partial charge in [-0.05, 0) is 51.9 Å². The minimum absolute atomic E-state index is 0.0221. The van der Waals surface area contributed by atoms with Crippen LogP contribution in [0.5, 0.6) is 0 Å². The zero-order chi connectivity index (χ0) is 17.0. The molecule has 5 nitrogen and oxygen atoms in total. The van der Waals surface area contributed by atoms with Crippen molar-refractivity contribution < 1.29 is 9.59 Å². The lowest BCUT2D eigenvalue weighted by atomic mass is 9.81. The van der Waals surface area contributed by atoms with Crippen LogP contribution in [0.25, 0.3) is 0 Å². The van der Waals surface area contributed by atoms with Gasteiger partial charge in [-0.2, -0.15) is 0 Å². The molecule has 0 spiro atoms. The Hall–Kier alpha value is -1.88. The summed E-state index contributed by atoms with van der Waals surface area (Å²) in [7, 11) is 2.10. The largest absolute Gasteiger partial charge is 0.355 e. The van der Waals surface area contributed by atoms with Gasteiger partial charge < -0.3 is 10.6 Å². The van der Waals surface area contributed by atoms with Crippen molar-refractivity contribution >= 4 is 17.5 Å². The van der Waals surface area contributed by atoms with Gasteiger partial charge in [0, 0.05) is 31.2 Å². The summed E-state index contributed by atoms with van der Waals surface area (Å²) >= 11 is 0. The first-order valence-corrected chi connectivity index (χ1v) is 8.17. The first-order valence-electron chi connectivity index (χ1n) is 8.17. The van der Waals surface area contributed by atoms with Gasteiger partial charge in [0.2, 0.25) is 11.8 Å². The van der Waals surface area contributed by atoms with Crippen LogP contribution in [-0.4, -0.2) is 36.3 Å². The predicted octanol–water partition coefficient (Wildman–Crippen LogP) is 2.38. The lowest BCUT2D eigenvalue weighted by Crippen LogP contribution is -2.48. The van der Waals surface area contributed by atoms with Gasteiger partial charge in [0.05, 0.1) is 5.41 Å². The number of piperidine rings is 1. The van der Waals surface area contributed by atoms with Crippen LogP contribution in [-0.2, 0) is 16.1 Å². The molecule has 1 fully saturated rings. The molecule has 1 aliphatic heterocycles. The van der Waals surface area contributed by atoms with Crippen molar-refractivity contribution in [3.8, 4) is 0 Å². The third-order valence-corrected chi connectivity index (χ3v) is 4.65. The number of rotatable bonds is 5. The van der Waals surface area contributed by atoms with E-state index in [1.54, 1.807) is 0 Å². The van der Waals surface area contributed by atoms with Crippen molar-refractivity contribution in [2.24, 2.45) is 5.41 Å². The Morgan fingerprint density at radius 1 is 1.35 bits per heavy atom.